The summed E-state index contributed by atoms with van der Waals surface area (Å²) < 4.78 is 27.8. The van der Waals surface area contributed by atoms with E-state index in [2.05, 4.69) is 16.5 Å². The Morgan fingerprint density at radius 1 is 1.17 bits per heavy atom. The van der Waals surface area contributed by atoms with Crippen molar-refractivity contribution in [3.63, 3.8) is 0 Å². The fraction of sp³-hybridized carbons (Fsp3) is 0.444. The van der Waals surface area contributed by atoms with Crippen LogP contribution < -0.4 is 9.62 Å². The molecule has 0 saturated carbocycles. The molecule has 1 aromatic carbocycles. The van der Waals surface area contributed by atoms with Crippen molar-refractivity contribution in [3.05, 3.63) is 41.3 Å². The van der Waals surface area contributed by atoms with E-state index in [9.17, 15) is 8.42 Å². The van der Waals surface area contributed by atoms with Crippen molar-refractivity contribution < 1.29 is 8.42 Å². The number of anilines is 2. The molecule has 6 heteroatoms. The smallest absolute Gasteiger partial charge is 0.271 e. The van der Waals surface area contributed by atoms with Gasteiger partial charge < -0.3 is 4.90 Å². The molecular weight excluding hydrogens is 340 g/mol. The molecule has 2 heterocycles. The van der Waals surface area contributed by atoms with Gasteiger partial charge in [-0.3, -0.25) is 4.72 Å². The summed E-state index contributed by atoms with van der Waals surface area (Å²) in [6.07, 6.45) is 4.91. The van der Waals surface area contributed by atoms with Crippen molar-refractivity contribution in [1.29, 1.82) is 0 Å². The molecular formula is C18H24N2O2S2. The summed E-state index contributed by atoms with van der Waals surface area (Å²) in [4.78, 5) is 3.44. The maximum atomic E-state index is 12.4. The van der Waals surface area contributed by atoms with E-state index in [4.69, 9.17) is 0 Å². The minimum absolute atomic E-state index is 0.353. The number of aryl methyl sites for hydroxylation is 1. The second kappa shape index (κ2) is 7.15. The second-order valence-corrected chi connectivity index (χ2v) is 9.47. The molecule has 1 atom stereocenters. The van der Waals surface area contributed by atoms with Crippen LogP contribution in [0.15, 0.2) is 40.6 Å². The molecule has 1 aliphatic heterocycles. The number of sulfonamides is 1. The van der Waals surface area contributed by atoms with Gasteiger partial charge in [-0.15, -0.1) is 11.3 Å². The van der Waals surface area contributed by atoms with E-state index in [0.717, 1.165) is 17.8 Å². The van der Waals surface area contributed by atoms with Crippen molar-refractivity contribution in [3.8, 4) is 0 Å². The Morgan fingerprint density at radius 3 is 2.54 bits per heavy atom. The van der Waals surface area contributed by atoms with Gasteiger partial charge in [-0.05, 0) is 69.0 Å². The predicted octanol–water partition coefficient (Wildman–Crippen LogP) is 4.63. The molecule has 0 bridgehead atoms. The molecule has 4 nitrogen and oxygen atoms in total. The largest absolute Gasteiger partial charge is 0.369 e. The standard InChI is InChI=1S/C18H24N2O2S2/c1-3-16-6-4-5-13-20(16)17-10-8-15(9-11-17)19-24(21,22)18-12-7-14(2)23-18/h7-12,16,19H,3-6,13H2,1-2H3. The molecule has 1 aliphatic rings. The van der Waals surface area contributed by atoms with Crippen LogP contribution in [0, 0.1) is 6.92 Å². The fourth-order valence-corrected chi connectivity index (χ4v) is 5.59. The highest BCUT2D eigenvalue weighted by molar-refractivity contribution is 7.94. The average molecular weight is 365 g/mol. The number of rotatable bonds is 5. The molecule has 0 spiro atoms. The van der Waals surface area contributed by atoms with Gasteiger partial charge in [0.05, 0.1) is 0 Å². The Bertz CT molecular complexity index is 782. The number of hydrogen-bond acceptors (Lipinski definition) is 4. The lowest BCUT2D eigenvalue weighted by atomic mass is 9.99. The SMILES string of the molecule is CCC1CCCCN1c1ccc(NS(=O)(=O)c2ccc(C)s2)cc1. The van der Waals surface area contributed by atoms with Gasteiger partial charge in [0.15, 0.2) is 0 Å². The van der Waals surface area contributed by atoms with Gasteiger partial charge in [0.2, 0.25) is 0 Å². The molecule has 0 aliphatic carbocycles. The number of nitrogens with one attached hydrogen (secondary N) is 1. The van der Waals surface area contributed by atoms with E-state index in [1.165, 1.54) is 36.3 Å². The number of benzene rings is 1. The maximum absolute atomic E-state index is 12.4. The fourth-order valence-electron chi connectivity index (χ4n) is 3.25. The van der Waals surface area contributed by atoms with Crippen LogP contribution in [0.1, 0.15) is 37.5 Å². The topological polar surface area (TPSA) is 49.4 Å². The van der Waals surface area contributed by atoms with Gasteiger partial charge in [-0.25, -0.2) is 8.42 Å². The summed E-state index contributed by atoms with van der Waals surface area (Å²) in [6.45, 7) is 5.22. The Hall–Kier alpha value is -1.53. The summed E-state index contributed by atoms with van der Waals surface area (Å²) in [5, 5.41) is 0. The van der Waals surface area contributed by atoms with Crippen LogP contribution in [0.3, 0.4) is 0 Å². The van der Waals surface area contributed by atoms with Crippen LogP contribution in [-0.2, 0) is 10.0 Å². The number of nitrogens with zero attached hydrogens (tertiary/aromatic N) is 1. The predicted molar refractivity (Wildman–Crippen MR) is 102 cm³/mol. The first-order chi connectivity index (χ1) is 11.5. The van der Waals surface area contributed by atoms with Crippen molar-refractivity contribution in [2.75, 3.05) is 16.2 Å². The van der Waals surface area contributed by atoms with Gasteiger partial charge in [0.1, 0.15) is 4.21 Å². The molecule has 2 aromatic rings. The monoisotopic (exact) mass is 364 g/mol. The highest BCUT2D eigenvalue weighted by Gasteiger charge is 2.21. The van der Waals surface area contributed by atoms with Crippen LogP contribution in [0.2, 0.25) is 0 Å². The number of piperidine rings is 1. The van der Waals surface area contributed by atoms with Crippen LogP contribution in [-0.4, -0.2) is 21.0 Å². The normalized spacial score (nSPS) is 18.6. The third kappa shape index (κ3) is 3.75. The van der Waals surface area contributed by atoms with Crippen LogP contribution in [0.4, 0.5) is 11.4 Å². The minimum atomic E-state index is -3.49. The molecule has 1 aromatic heterocycles. The first-order valence-electron chi connectivity index (χ1n) is 8.45. The number of thiophene rings is 1. The lowest BCUT2D eigenvalue weighted by Crippen LogP contribution is -2.39. The summed E-state index contributed by atoms with van der Waals surface area (Å²) >= 11 is 1.28. The molecule has 1 unspecified atom stereocenters. The van der Waals surface area contributed by atoms with Gasteiger partial charge in [-0.1, -0.05) is 6.92 Å². The first kappa shape index (κ1) is 17.3. The van der Waals surface area contributed by atoms with Crippen LogP contribution in [0.5, 0.6) is 0 Å². The summed E-state index contributed by atoms with van der Waals surface area (Å²) in [5.74, 6) is 0. The molecule has 24 heavy (non-hydrogen) atoms. The zero-order valence-corrected chi connectivity index (χ0v) is 15.8. The van der Waals surface area contributed by atoms with Crippen molar-refractivity contribution in [2.24, 2.45) is 0 Å². The van der Waals surface area contributed by atoms with Gasteiger partial charge in [0, 0.05) is 28.8 Å². The van der Waals surface area contributed by atoms with Crippen molar-refractivity contribution in [2.45, 2.75) is 49.8 Å². The summed E-state index contributed by atoms with van der Waals surface area (Å²) in [7, 11) is -3.49. The first-order valence-corrected chi connectivity index (χ1v) is 10.8. The minimum Gasteiger partial charge on any atom is -0.369 e. The van der Waals surface area contributed by atoms with E-state index >= 15 is 0 Å². The summed E-state index contributed by atoms with van der Waals surface area (Å²) in [6, 6.07) is 11.8. The second-order valence-electron chi connectivity index (χ2n) is 6.27. The third-order valence-electron chi connectivity index (χ3n) is 4.53. The van der Waals surface area contributed by atoms with Gasteiger partial charge in [0.25, 0.3) is 10.0 Å². The molecule has 130 valence electrons. The van der Waals surface area contributed by atoms with Crippen LogP contribution >= 0.6 is 11.3 Å². The highest BCUT2D eigenvalue weighted by Crippen LogP contribution is 2.28. The zero-order chi connectivity index (χ0) is 17.2. The Balaban J connectivity index is 1.75. The van der Waals surface area contributed by atoms with E-state index in [-0.39, 0.29) is 0 Å². The summed E-state index contributed by atoms with van der Waals surface area (Å²) in [5.41, 5.74) is 1.78. The van der Waals surface area contributed by atoms with Crippen LogP contribution in [0.25, 0.3) is 0 Å². The highest BCUT2D eigenvalue weighted by atomic mass is 32.2. The quantitative estimate of drug-likeness (QED) is 0.842. The van der Waals surface area contributed by atoms with Gasteiger partial charge >= 0.3 is 0 Å². The Kier molecular flexibility index (Phi) is 5.15. The molecule has 0 amide bonds. The average Bonchev–Trinajstić information content (AvgIpc) is 3.03. The molecule has 3 rings (SSSR count). The van der Waals surface area contributed by atoms with E-state index in [1.807, 2.05) is 37.3 Å². The third-order valence-corrected chi connectivity index (χ3v) is 7.40. The van der Waals surface area contributed by atoms with E-state index < -0.39 is 10.0 Å². The zero-order valence-electron chi connectivity index (χ0n) is 14.2. The maximum Gasteiger partial charge on any atom is 0.271 e. The Morgan fingerprint density at radius 2 is 1.92 bits per heavy atom. The van der Waals surface area contributed by atoms with E-state index in [0.29, 0.717) is 15.9 Å². The lowest BCUT2D eigenvalue weighted by Gasteiger charge is -2.37. The molecule has 1 N–H and O–H groups in total. The lowest BCUT2D eigenvalue weighted by molar-refractivity contribution is 0.450. The van der Waals surface area contributed by atoms with E-state index in [1.54, 1.807) is 6.07 Å². The molecule has 1 fully saturated rings. The van der Waals surface area contributed by atoms with Crippen molar-refractivity contribution >= 4 is 32.7 Å². The molecule has 1 saturated heterocycles. The van der Waals surface area contributed by atoms with Crippen molar-refractivity contribution in [1.82, 2.24) is 0 Å². The Labute approximate surface area is 148 Å². The molecule has 0 radical (unpaired) electrons. The van der Waals surface area contributed by atoms with Gasteiger partial charge in [-0.2, -0.15) is 0 Å². The number of hydrogen-bond donors (Lipinski definition) is 1.